The number of nitrogens with zero attached hydrogens (tertiary/aromatic N) is 2. The molecule has 0 spiro atoms. The maximum atomic E-state index is 9.00. The molecule has 92 valence electrons. The summed E-state index contributed by atoms with van der Waals surface area (Å²) in [6.07, 6.45) is 7.72. The van der Waals surface area contributed by atoms with Crippen molar-refractivity contribution in [2.45, 2.75) is 45.4 Å². The van der Waals surface area contributed by atoms with Crippen LogP contribution in [0.5, 0.6) is 0 Å². The molecule has 3 heteroatoms. The molecular weight excluding hydrogens is 276 g/mol. The van der Waals surface area contributed by atoms with Crippen LogP contribution in [-0.2, 0) is 0 Å². The quantitative estimate of drug-likeness (QED) is 0.764. The third kappa shape index (κ3) is 4.12. The summed E-state index contributed by atoms with van der Waals surface area (Å²) in [7, 11) is 0. The number of aromatic nitrogens is 1. The summed E-state index contributed by atoms with van der Waals surface area (Å²) in [6, 6.07) is 4.41. The van der Waals surface area contributed by atoms with Crippen LogP contribution in [-0.4, -0.2) is 4.98 Å². The first kappa shape index (κ1) is 14.2. The Morgan fingerprint density at radius 1 is 1.41 bits per heavy atom. The number of rotatable bonds is 6. The fourth-order valence-corrected chi connectivity index (χ4v) is 2.73. The lowest BCUT2D eigenvalue weighted by atomic mass is 9.80. The van der Waals surface area contributed by atoms with Gasteiger partial charge in [-0.15, -0.1) is 0 Å². The largest absolute Gasteiger partial charge is 0.263 e. The van der Waals surface area contributed by atoms with E-state index in [-0.39, 0.29) is 0 Å². The van der Waals surface area contributed by atoms with Crippen LogP contribution in [0.2, 0.25) is 0 Å². The van der Waals surface area contributed by atoms with E-state index in [0.29, 0.717) is 18.3 Å². The molecule has 2 nitrogen and oxygen atoms in total. The summed E-state index contributed by atoms with van der Waals surface area (Å²) in [6.45, 7) is 4.40. The van der Waals surface area contributed by atoms with Gasteiger partial charge in [0.2, 0.25) is 0 Å². The molecule has 2 atom stereocenters. The number of pyridine rings is 1. The molecular formula is C14H19BrN2. The highest BCUT2D eigenvalue weighted by Gasteiger charge is 2.21. The number of hydrogen-bond donors (Lipinski definition) is 0. The second-order valence-corrected chi connectivity index (χ2v) is 5.28. The van der Waals surface area contributed by atoms with Crippen LogP contribution < -0.4 is 0 Å². The van der Waals surface area contributed by atoms with Gasteiger partial charge in [0.05, 0.1) is 6.07 Å². The lowest BCUT2D eigenvalue weighted by molar-refractivity contribution is 0.381. The molecule has 1 aromatic rings. The van der Waals surface area contributed by atoms with E-state index in [4.69, 9.17) is 5.26 Å². The van der Waals surface area contributed by atoms with Crippen LogP contribution in [0.1, 0.15) is 51.0 Å². The van der Waals surface area contributed by atoms with Crippen molar-refractivity contribution < 1.29 is 0 Å². The molecule has 1 aromatic heterocycles. The van der Waals surface area contributed by atoms with E-state index in [2.05, 4.69) is 46.9 Å². The first-order valence-corrected chi connectivity index (χ1v) is 6.99. The summed E-state index contributed by atoms with van der Waals surface area (Å²) < 4.78 is 0.990. The maximum absolute atomic E-state index is 9.00. The van der Waals surface area contributed by atoms with Crippen molar-refractivity contribution in [1.29, 1.82) is 5.26 Å². The minimum absolute atomic E-state index is 0.315. The number of halogens is 1. The normalized spacial score (nSPS) is 14.0. The molecule has 0 saturated heterocycles. The minimum atomic E-state index is 0.315. The van der Waals surface area contributed by atoms with Crippen molar-refractivity contribution in [1.82, 2.24) is 4.98 Å². The van der Waals surface area contributed by atoms with Gasteiger partial charge in [0, 0.05) is 29.2 Å². The second-order valence-electron chi connectivity index (χ2n) is 4.36. The van der Waals surface area contributed by atoms with E-state index in [0.717, 1.165) is 10.9 Å². The topological polar surface area (TPSA) is 36.7 Å². The van der Waals surface area contributed by atoms with E-state index in [1.807, 2.05) is 6.20 Å². The van der Waals surface area contributed by atoms with Gasteiger partial charge < -0.3 is 0 Å². The van der Waals surface area contributed by atoms with Crippen LogP contribution in [0, 0.1) is 17.2 Å². The highest BCUT2D eigenvalue weighted by atomic mass is 79.9. The van der Waals surface area contributed by atoms with E-state index in [1.54, 1.807) is 6.20 Å². The fourth-order valence-electron chi connectivity index (χ4n) is 2.35. The third-order valence-electron chi connectivity index (χ3n) is 3.22. The number of nitriles is 1. The molecule has 0 amide bonds. The van der Waals surface area contributed by atoms with Crippen molar-refractivity contribution >= 4 is 15.9 Å². The van der Waals surface area contributed by atoms with Gasteiger partial charge in [-0.3, -0.25) is 4.98 Å². The number of hydrogen-bond acceptors (Lipinski definition) is 2. The summed E-state index contributed by atoms with van der Waals surface area (Å²) in [4.78, 5) is 4.21. The minimum Gasteiger partial charge on any atom is -0.263 e. The smallest absolute Gasteiger partial charge is 0.0628 e. The van der Waals surface area contributed by atoms with Crippen LogP contribution in [0.15, 0.2) is 22.9 Å². The molecule has 0 aliphatic carbocycles. The van der Waals surface area contributed by atoms with Gasteiger partial charge in [-0.25, -0.2) is 0 Å². The Kier molecular flexibility index (Phi) is 6.21. The highest BCUT2D eigenvalue weighted by Crippen LogP contribution is 2.33. The lowest BCUT2D eigenvalue weighted by Gasteiger charge is -2.24. The second kappa shape index (κ2) is 7.45. The summed E-state index contributed by atoms with van der Waals surface area (Å²) in [5.74, 6) is 0.894. The Labute approximate surface area is 112 Å². The molecule has 0 radical (unpaired) electrons. The predicted octanol–water partition coefficient (Wildman–Crippen LogP) is 4.67. The Balaban J connectivity index is 2.95. The molecule has 0 saturated carbocycles. The lowest BCUT2D eigenvalue weighted by Crippen LogP contribution is -2.12. The highest BCUT2D eigenvalue weighted by molar-refractivity contribution is 9.10. The van der Waals surface area contributed by atoms with Gasteiger partial charge in [-0.05, 0) is 33.5 Å². The van der Waals surface area contributed by atoms with Crippen LogP contribution in [0.25, 0.3) is 0 Å². The van der Waals surface area contributed by atoms with E-state index in [9.17, 15) is 0 Å². The molecule has 0 aromatic carbocycles. The van der Waals surface area contributed by atoms with Crippen LogP contribution in [0.4, 0.5) is 0 Å². The van der Waals surface area contributed by atoms with Crippen molar-refractivity contribution in [3.8, 4) is 6.07 Å². The molecule has 17 heavy (non-hydrogen) atoms. The molecule has 0 aliphatic rings. The monoisotopic (exact) mass is 294 g/mol. The third-order valence-corrected chi connectivity index (χ3v) is 3.65. The van der Waals surface area contributed by atoms with E-state index in [1.165, 1.54) is 18.4 Å². The van der Waals surface area contributed by atoms with Gasteiger partial charge in [0.25, 0.3) is 0 Å². The Bertz CT molecular complexity index is 384. The first-order chi connectivity index (χ1) is 8.22. The maximum Gasteiger partial charge on any atom is 0.0628 e. The van der Waals surface area contributed by atoms with Crippen LogP contribution in [0.3, 0.4) is 0 Å². The molecule has 1 heterocycles. The summed E-state index contributed by atoms with van der Waals surface area (Å²) in [5.41, 5.74) is 1.18. The van der Waals surface area contributed by atoms with Crippen molar-refractivity contribution in [3.63, 3.8) is 0 Å². The molecule has 0 aliphatic heterocycles. The van der Waals surface area contributed by atoms with Gasteiger partial charge in [0.15, 0.2) is 0 Å². The standard InChI is InChI=1S/C14H19BrN2/c1-3-5-11(4-2)14(6-7-16)12-8-13(15)10-17-9-12/h8-11,14H,3-6H2,1-2H3. The van der Waals surface area contributed by atoms with Gasteiger partial charge >= 0.3 is 0 Å². The van der Waals surface area contributed by atoms with Crippen LogP contribution >= 0.6 is 15.9 Å². The van der Waals surface area contributed by atoms with Gasteiger partial charge in [0.1, 0.15) is 0 Å². The van der Waals surface area contributed by atoms with Crippen molar-refractivity contribution in [2.24, 2.45) is 5.92 Å². The average molecular weight is 295 g/mol. The van der Waals surface area contributed by atoms with E-state index < -0.39 is 0 Å². The molecule has 2 unspecified atom stereocenters. The molecule has 0 fully saturated rings. The SMILES string of the molecule is CCCC(CC)C(CC#N)c1cncc(Br)c1. The summed E-state index contributed by atoms with van der Waals surface area (Å²) in [5, 5.41) is 9.00. The van der Waals surface area contributed by atoms with Gasteiger partial charge in [-0.1, -0.05) is 33.1 Å². The average Bonchev–Trinajstić information content (AvgIpc) is 2.33. The fraction of sp³-hybridized carbons (Fsp3) is 0.571. The molecule has 0 N–H and O–H groups in total. The predicted molar refractivity (Wildman–Crippen MR) is 73.6 cm³/mol. The zero-order valence-electron chi connectivity index (χ0n) is 10.5. The zero-order valence-corrected chi connectivity index (χ0v) is 12.1. The van der Waals surface area contributed by atoms with Crippen molar-refractivity contribution in [2.75, 3.05) is 0 Å². The van der Waals surface area contributed by atoms with Gasteiger partial charge in [-0.2, -0.15) is 5.26 Å². The molecule has 1 rings (SSSR count). The Morgan fingerprint density at radius 2 is 2.18 bits per heavy atom. The summed E-state index contributed by atoms with van der Waals surface area (Å²) >= 11 is 3.45. The Morgan fingerprint density at radius 3 is 2.71 bits per heavy atom. The Hall–Kier alpha value is -0.880. The van der Waals surface area contributed by atoms with Crippen molar-refractivity contribution in [3.05, 3.63) is 28.5 Å². The molecule has 0 bridgehead atoms. The first-order valence-electron chi connectivity index (χ1n) is 6.20. The van der Waals surface area contributed by atoms with E-state index >= 15 is 0 Å². The zero-order chi connectivity index (χ0) is 12.7.